The first-order valence-corrected chi connectivity index (χ1v) is 4.92. The molecule has 5 nitrogen and oxygen atoms in total. The number of esters is 2. The molecule has 0 unspecified atom stereocenters. The van der Waals surface area contributed by atoms with Gasteiger partial charge in [0.25, 0.3) is 0 Å². The fourth-order valence-corrected chi connectivity index (χ4v) is 1.26. The van der Waals surface area contributed by atoms with Crippen LogP contribution in [0, 0.1) is 20.8 Å². The van der Waals surface area contributed by atoms with E-state index in [4.69, 9.17) is 0 Å². The summed E-state index contributed by atoms with van der Waals surface area (Å²) < 4.78 is 4.43. The number of aromatic nitrogens is 2. The predicted molar refractivity (Wildman–Crippen MR) is 56.7 cm³/mol. The summed E-state index contributed by atoms with van der Waals surface area (Å²) in [5.74, 6) is -1.22. The zero-order chi connectivity index (χ0) is 12.3. The molecular weight excluding hydrogens is 208 g/mol. The molecule has 0 fully saturated rings. The Hall–Kier alpha value is -1.78. The maximum Gasteiger partial charge on any atom is 0.319 e. The van der Waals surface area contributed by atoms with Crippen LogP contribution in [0.5, 0.6) is 0 Å². The standard InChI is InChI=1S/C11H14N2O3/c1-6-7(2)13-10(8(3)12-6)5-11(15)16-9(4)14/h5H2,1-4H3. The molecule has 86 valence electrons. The number of carbonyl (C=O) groups excluding carboxylic acids is 2. The van der Waals surface area contributed by atoms with Crippen LogP contribution in [0.25, 0.3) is 0 Å². The molecule has 0 radical (unpaired) electrons. The van der Waals surface area contributed by atoms with E-state index in [-0.39, 0.29) is 6.42 Å². The number of hydrogen-bond donors (Lipinski definition) is 0. The van der Waals surface area contributed by atoms with Crippen LogP contribution in [0.4, 0.5) is 0 Å². The van der Waals surface area contributed by atoms with Crippen LogP contribution in [0.2, 0.25) is 0 Å². The third kappa shape index (κ3) is 3.12. The minimum absolute atomic E-state index is 0.0282. The van der Waals surface area contributed by atoms with Crippen molar-refractivity contribution in [1.82, 2.24) is 9.97 Å². The Balaban J connectivity index is 2.85. The molecular formula is C11H14N2O3. The third-order valence-corrected chi connectivity index (χ3v) is 2.15. The molecule has 16 heavy (non-hydrogen) atoms. The van der Waals surface area contributed by atoms with Gasteiger partial charge in [0.1, 0.15) is 0 Å². The Morgan fingerprint density at radius 1 is 1.06 bits per heavy atom. The van der Waals surface area contributed by atoms with Crippen LogP contribution in [-0.4, -0.2) is 21.9 Å². The molecule has 5 heteroatoms. The summed E-state index contributed by atoms with van der Waals surface area (Å²) in [6.07, 6.45) is -0.0282. The lowest BCUT2D eigenvalue weighted by Crippen LogP contribution is -2.14. The van der Waals surface area contributed by atoms with E-state index >= 15 is 0 Å². The first-order chi connectivity index (χ1) is 7.40. The number of aryl methyl sites for hydroxylation is 3. The van der Waals surface area contributed by atoms with Gasteiger partial charge in [-0.3, -0.25) is 19.6 Å². The number of nitrogens with zero attached hydrogens (tertiary/aromatic N) is 2. The van der Waals surface area contributed by atoms with Crippen molar-refractivity contribution in [2.45, 2.75) is 34.1 Å². The first-order valence-electron chi connectivity index (χ1n) is 4.92. The van der Waals surface area contributed by atoms with Gasteiger partial charge in [-0.15, -0.1) is 0 Å². The van der Waals surface area contributed by atoms with Gasteiger partial charge in [0.15, 0.2) is 0 Å². The molecule has 0 spiro atoms. The molecule has 0 aromatic carbocycles. The highest BCUT2D eigenvalue weighted by Gasteiger charge is 2.12. The minimum atomic E-state index is -0.612. The smallest absolute Gasteiger partial charge is 0.319 e. The Morgan fingerprint density at radius 3 is 2.19 bits per heavy atom. The molecule has 0 aliphatic heterocycles. The van der Waals surface area contributed by atoms with Crippen LogP contribution < -0.4 is 0 Å². The molecule has 0 aliphatic rings. The SMILES string of the molecule is CC(=O)OC(=O)Cc1nc(C)c(C)nc1C. The van der Waals surface area contributed by atoms with Crippen molar-refractivity contribution in [2.75, 3.05) is 0 Å². The van der Waals surface area contributed by atoms with E-state index in [0.717, 1.165) is 11.4 Å². The maximum absolute atomic E-state index is 11.3. The summed E-state index contributed by atoms with van der Waals surface area (Å²) in [5.41, 5.74) is 2.84. The zero-order valence-corrected chi connectivity index (χ0v) is 9.83. The highest BCUT2D eigenvalue weighted by atomic mass is 16.6. The normalized spacial score (nSPS) is 10.0. The van der Waals surface area contributed by atoms with Gasteiger partial charge in [-0.1, -0.05) is 0 Å². The highest BCUT2D eigenvalue weighted by molar-refractivity contribution is 5.85. The predicted octanol–water partition coefficient (Wildman–Crippen LogP) is 1.03. The lowest BCUT2D eigenvalue weighted by Gasteiger charge is -2.06. The van der Waals surface area contributed by atoms with Crippen molar-refractivity contribution < 1.29 is 14.3 Å². The summed E-state index contributed by atoms with van der Waals surface area (Å²) >= 11 is 0. The van der Waals surface area contributed by atoms with Crippen LogP contribution >= 0.6 is 0 Å². The fraction of sp³-hybridized carbons (Fsp3) is 0.455. The molecule has 1 aromatic rings. The van der Waals surface area contributed by atoms with E-state index in [1.807, 2.05) is 13.8 Å². The van der Waals surface area contributed by atoms with E-state index in [1.54, 1.807) is 6.92 Å². The van der Waals surface area contributed by atoms with E-state index in [1.165, 1.54) is 6.92 Å². The van der Waals surface area contributed by atoms with E-state index < -0.39 is 11.9 Å². The minimum Gasteiger partial charge on any atom is -0.393 e. The number of rotatable bonds is 2. The summed E-state index contributed by atoms with van der Waals surface area (Å²) in [6, 6.07) is 0. The van der Waals surface area contributed by atoms with E-state index in [2.05, 4.69) is 14.7 Å². The van der Waals surface area contributed by atoms with Gasteiger partial charge < -0.3 is 4.74 Å². The number of carbonyl (C=O) groups is 2. The zero-order valence-electron chi connectivity index (χ0n) is 9.83. The second-order valence-corrected chi connectivity index (χ2v) is 3.57. The fourth-order valence-electron chi connectivity index (χ4n) is 1.26. The molecule has 0 atom stereocenters. The van der Waals surface area contributed by atoms with Crippen molar-refractivity contribution in [1.29, 1.82) is 0 Å². The Labute approximate surface area is 93.9 Å². The lowest BCUT2D eigenvalue weighted by atomic mass is 10.2. The molecule has 0 bridgehead atoms. The largest absolute Gasteiger partial charge is 0.393 e. The Kier molecular flexibility index (Phi) is 3.71. The number of ether oxygens (including phenoxy) is 1. The van der Waals surface area contributed by atoms with Crippen LogP contribution in [0.3, 0.4) is 0 Å². The summed E-state index contributed by atoms with van der Waals surface area (Å²) in [5, 5.41) is 0. The quantitative estimate of drug-likeness (QED) is 0.552. The molecule has 1 rings (SSSR count). The molecule has 0 N–H and O–H groups in total. The van der Waals surface area contributed by atoms with Crippen molar-refractivity contribution in [2.24, 2.45) is 0 Å². The summed E-state index contributed by atoms with van der Waals surface area (Å²) in [7, 11) is 0. The van der Waals surface area contributed by atoms with Gasteiger partial charge in [0.05, 0.1) is 29.2 Å². The van der Waals surface area contributed by atoms with Crippen LogP contribution in [0.1, 0.15) is 29.7 Å². The maximum atomic E-state index is 11.3. The third-order valence-electron chi connectivity index (χ3n) is 2.15. The van der Waals surface area contributed by atoms with Crippen LogP contribution in [-0.2, 0) is 20.7 Å². The number of hydrogen-bond acceptors (Lipinski definition) is 5. The van der Waals surface area contributed by atoms with Gasteiger partial charge in [0.2, 0.25) is 0 Å². The summed E-state index contributed by atoms with van der Waals surface area (Å²) in [4.78, 5) is 30.3. The molecule has 0 amide bonds. The van der Waals surface area contributed by atoms with Crippen LogP contribution in [0.15, 0.2) is 0 Å². The molecule has 0 aliphatic carbocycles. The van der Waals surface area contributed by atoms with E-state index in [9.17, 15) is 9.59 Å². The Bertz CT molecular complexity index is 441. The lowest BCUT2D eigenvalue weighted by molar-refractivity contribution is -0.157. The van der Waals surface area contributed by atoms with Gasteiger partial charge in [-0.05, 0) is 20.8 Å². The average Bonchev–Trinajstić information content (AvgIpc) is 2.12. The summed E-state index contributed by atoms with van der Waals surface area (Å²) in [6.45, 7) is 6.64. The highest BCUT2D eigenvalue weighted by Crippen LogP contribution is 2.08. The topological polar surface area (TPSA) is 69.2 Å². The average molecular weight is 222 g/mol. The monoisotopic (exact) mass is 222 g/mol. The van der Waals surface area contributed by atoms with Crippen molar-refractivity contribution >= 4 is 11.9 Å². The van der Waals surface area contributed by atoms with Crippen molar-refractivity contribution in [3.8, 4) is 0 Å². The second kappa shape index (κ2) is 4.83. The van der Waals surface area contributed by atoms with Crippen molar-refractivity contribution in [3.63, 3.8) is 0 Å². The van der Waals surface area contributed by atoms with Crippen molar-refractivity contribution in [3.05, 3.63) is 22.8 Å². The van der Waals surface area contributed by atoms with Gasteiger partial charge in [-0.25, -0.2) is 0 Å². The molecule has 0 saturated carbocycles. The van der Waals surface area contributed by atoms with Gasteiger partial charge in [-0.2, -0.15) is 0 Å². The molecule has 0 saturated heterocycles. The molecule has 1 heterocycles. The van der Waals surface area contributed by atoms with Gasteiger partial charge >= 0.3 is 11.9 Å². The molecule has 1 aromatic heterocycles. The second-order valence-electron chi connectivity index (χ2n) is 3.57. The van der Waals surface area contributed by atoms with Gasteiger partial charge in [0, 0.05) is 6.92 Å². The first kappa shape index (κ1) is 12.3. The van der Waals surface area contributed by atoms with E-state index in [0.29, 0.717) is 11.4 Å². The Morgan fingerprint density at radius 2 is 1.62 bits per heavy atom.